The van der Waals surface area contributed by atoms with Crippen molar-refractivity contribution in [3.8, 4) is 0 Å². The lowest BCUT2D eigenvalue weighted by Gasteiger charge is -2.08. The third-order valence-electron chi connectivity index (χ3n) is 3.61. The summed E-state index contributed by atoms with van der Waals surface area (Å²) in [5.74, 6) is -2.02. The van der Waals surface area contributed by atoms with E-state index >= 15 is 0 Å². The fraction of sp³-hybridized carbons (Fsp3) is 0.294. The number of hydrogen-bond donors (Lipinski definition) is 1. The summed E-state index contributed by atoms with van der Waals surface area (Å²) < 4.78 is 29.7. The lowest BCUT2D eigenvalue weighted by molar-refractivity contribution is -0.113. The van der Waals surface area contributed by atoms with E-state index in [4.69, 9.17) is 16.3 Å². The smallest absolute Gasteiger partial charge is 0.341 e. The Bertz CT molecular complexity index is 933. The second-order valence-electron chi connectivity index (χ2n) is 5.47. The Morgan fingerprint density at radius 1 is 1.19 bits per heavy atom. The molecule has 2 rings (SSSR count). The molecule has 0 aliphatic heterocycles. The van der Waals surface area contributed by atoms with E-state index in [1.807, 2.05) is 6.92 Å². The van der Waals surface area contributed by atoms with Gasteiger partial charge in [-0.15, -0.1) is 11.3 Å². The maximum Gasteiger partial charge on any atom is 0.341 e. The van der Waals surface area contributed by atoms with Crippen LogP contribution >= 0.6 is 22.9 Å². The van der Waals surface area contributed by atoms with E-state index in [1.165, 1.54) is 35.6 Å². The van der Waals surface area contributed by atoms with Gasteiger partial charge in [0, 0.05) is 9.90 Å². The van der Waals surface area contributed by atoms with Crippen LogP contribution in [0.5, 0.6) is 0 Å². The quantitative estimate of drug-likeness (QED) is 0.728. The summed E-state index contributed by atoms with van der Waals surface area (Å²) in [5, 5.41) is 3.21. The summed E-state index contributed by atoms with van der Waals surface area (Å²) in [4.78, 5) is 25.2. The van der Waals surface area contributed by atoms with Crippen molar-refractivity contribution in [2.75, 3.05) is 17.7 Å². The highest BCUT2D eigenvalue weighted by Crippen LogP contribution is 2.33. The number of sulfone groups is 1. The van der Waals surface area contributed by atoms with E-state index in [9.17, 15) is 18.0 Å². The summed E-state index contributed by atoms with van der Waals surface area (Å²) in [5.41, 5.74) is 0.955. The Kier molecular flexibility index (Phi) is 6.44. The van der Waals surface area contributed by atoms with Gasteiger partial charge >= 0.3 is 5.97 Å². The Balaban J connectivity index is 2.21. The van der Waals surface area contributed by atoms with Gasteiger partial charge in [0.1, 0.15) is 10.8 Å². The predicted molar refractivity (Wildman–Crippen MR) is 102 cm³/mol. The van der Waals surface area contributed by atoms with Crippen LogP contribution in [-0.4, -0.2) is 32.7 Å². The minimum absolute atomic E-state index is 0.00112. The van der Waals surface area contributed by atoms with Crippen molar-refractivity contribution in [3.63, 3.8) is 0 Å². The molecule has 1 aromatic carbocycles. The van der Waals surface area contributed by atoms with Crippen LogP contribution in [0.15, 0.2) is 29.2 Å². The van der Waals surface area contributed by atoms with Gasteiger partial charge in [0.05, 0.1) is 17.1 Å². The number of carbonyl (C=O) groups is 2. The van der Waals surface area contributed by atoms with E-state index in [1.54, 1.807) is 13.8 Å². The van der Waals surface area contributed by atoms with E-state index in [0.717, 1.165) is 4.88 Å². The highest BCUT2D eigenvalue weighted by molar-refractivity contribution is 7.92. The summed E-state index contributed by atoms with van der Waals surface area (Å²) in [7, 11) is -3.83. The molecular weight excluding hydrogens is 398 g/mol. The molecule has 9 heteroatoms. The highest BCUT2D eigenvalue weighted by atomic mass is 35.5. The summed E-state index contributed by atoms with van der Waals surface area (Å²) in [6.45, 7) is 5.44. The van der Waals surface area contributed by atoms with Gasteiger partial charge in [0.15, 0.2) is 9.84 Å². The molecule has 0 saturated heterocycles. The summed E-state index contributed by atoms with van der Waals surface area (Å²) >= 11 is 6.95. The predicted octanol–water partition coefficient (Wildman–Crippen LogP) is 3.61. The average Bonchev–Trinajstić information content (AvgIpc) is 2.81. The number of hydrogen-bond acceptors (Lipinski definition) is 6. The van der Waals surface area contributed by atoms with Crippen LogP contribution in [0.3, 0.4) is 0 Å². The Labute approximate surface area is 161 Å². The van der Waals surface area contributed by atoms with E-state index < -0.39 is 27.5 Å². The molecule has 2 aromatic rings. The first-order valence-electron chi connectivity index (χ1n) is 7.71. The largest absolute Gasteiger partial charge is 0.462 e. The molecule has 0 spiro atoms. The topological polar surface area (TPSA) is 89.5 Å². The zero-order valence-electron chi connectivity index (χ0n) is 14.5. The van der Waals surface area contributed by atoms with Crippen molar-refractivity contribution in [3.05, 3.63) is 45.3 Å². The van der Waals surface area contributed by atoms with Crippen LogP contribution in [0.25, 0.3) is 0 Å². The third kappa shape index (κ3) is 4.63. The molecule has 0 bridgehead atoms. The number of ether oxygens (including phenoxy) is 1. The molecular formula is C17H18ClNO5S2. The van der Waals surface area contributed by atoms with Gasteiger partial charge < -0.3 is 10.1 Å². The maximum absolute atomic E-state index is 12.3. The van der Waals surface area contributed by atoms with Crippen LogP contribution in [0.1, 0.15) is 27.7 Å². The molecule has 1 amide bonds. The van der Waals surface area contributed by atoms with Crippen molar-refractivity contribution in [2.24, 2.45) is 0 Å². The van der Waals surface area contributed by atoms with Gasteiger partial charge in [0.25, 0.3) is 0 Å². The SMILES string of the molecule is CCOC(=O)c1c(NC(=O)CS(=O)(=O)c2ccc(Cl)cc2)sc(C)c1C. The molecule has 1 aromatic heterocycles. The molecule has 0 fully saturated rings. The fourth-order valence-electron chi connectivity index (χ4n) is 2.22. The van der Waals surface area contributed by atoms with E-state index in [2.05, 4.69) is 5.32 Å². The Morgan fingerprint density at radius 2 is 1.81 bits per heavy atom. The van der Waals surface area contributed by atoms with Crippen LogP contribution < -0.4 is 5.32 Å². The van der Waals surface area contributed by atoms with Gasteiger partial charge in [-0.25, -0.2) is 13.2 Å². The van der Waals surface area contributed by atoms with Crippen molar-refractivity contribution >= 4 is 49.7 Å². The van der Waals surface area contributed by atoms with Gasteiger partial charge in [-0.3, -0.25) is 4.79 Å². The number of nitrogens with one attached hydrogen (secondary N) is 1. The van der Waals surface area contributed by atoms with Crippen molar-refractivity contribution in [1.82, 2.24) is 0 Å². The number of thiophene rings is 1. The zero-order valence-corrected chi connectivity index (χ0v) is 16.8. The molecule has 0 unspecified atom stereocenters. The number of esters is 1. The highest BCUT2D eigenvalue weighted by Gasteiger charge is 2.24. The average molecular weight is 416 g/mol. The second-order valence-corrected chi connectivity index (χ2v) is 9.12. The lowest BCUT2D eigenvalue weighted by atomic mass is 10.1. The molecule has 1 heterocycles. The maximum atomic E-state index is 12.3. The van der Waals surface area contributed by atoms with E-state index in [-0.39, 0.29) is 22.1 Å². The number of carbonyl (C=O) groups excluding carboxylic acids is 2. The molecule has 26 heavy (non-hydrogen) atoms. The first kappa shape index (κ1) is 20.4. The van der Waals surface area contributed by atoms with Gasteiger partial charge in [-0.2, -0.15) is 0 Å². The van der Waals surface area contributed by atoms with E-state index in [0.29, 0.717) is 10.6 Å². The van der Waals surface area contributed by atoms with Crippen molar-refractivity contribution in [1.29, 1.82) is 0 Å². The van der Waals surface area contributed by atoms with Crippen molar-refractivity contribution in [2.45, 2.75) is 25.7 Å². The third-order valence-corrected chi connectivity index (χ3v) is 6.62. The Hall–Kier alpha value is -1.90. The minimum Gasteiger partial charge on any atom is -0.462 e. The molecule has 1 N–H and O–H groups in total. The zero-order chi connectivity index (χ0) is 19.5. The minimum atomic E-state index is -3.83. The van der Waals surface area contributed by atoms with Crippen LogP contribution in [0, 0.1) is 13.8 Å². The van der Waals surface area contributed by atoms with Crippen LogP contribution in [0.4, 0.5) is 5.00 Å². The Morgan fingerprint density at radius 3 is 2.38 bits per heavy atom. The molecule has 6 nitrogen and oxygen atoms in total. The standard InChI is InChI=1S/C17H18ClNO5S2/c1-4-24-17(21)15-10(2)11(3)25-16(15)19-14(20)9-26(22,23)13-7-5-12(18)6-8-13/h5-8H,4,9H2,1-3H3,(H,19,20). The van der Waals surface area contributed by atoms with Gasteiger partial charge in [-0.1, -0.05) is 11.6 Å². The number of rotatable bonds is 6. The summed E-state index contributed by atoms with van der Waals surface area (Å²) in [6.07, 6.45) is 0. The number of amides is 1. The molecule has 140 valence electrons. The van der Waals surface area contributed by atoms with Crippen LogP contribution in [-0.2, 0) is 19.4 Å². The van der Waals surface area contributed by atoms with Gasteiger partial charge in [0.2, 0.25) is 5.91 Å². The first-order valence-corrected chi connectivity index (χ1v) is 10.6. The summed E-state index contributed by atoms with van der Waals surface area (Å²) in [6, 6.07) is 5.57. The molecule has 0 saturated carbocycles. The monoisotopic (exact) mass is 415 g/mol. The number of benzene rings is 1. The van der Waals surface area contributed by atoms with Crippen molar-refractivity contribution < 1.29 is 22.7 Å². The molecule has 0 radical (unpaired) electrons. The second kappa shape index (κ2) is 8.20. The number of halogens is 1. The normalized spacial score (nSPS) is 11.2. The number of anilines is 1. The number of aryl methyl sites for hydroxylation is 1. The lowest BCUT2D eigenvalue weighted by Crippen LogP contribution is -2.23. The first-order chi connectivity index (χ1) is 12.2. The molecule has 0 aliphatic rings. The molecule has 0 atom stereocenters. The van der Waals surface area contributed by atoms with Crippen LogP contribution in [0.2, 0.25) is 5.02 Å². The fourth-order valence-corrected chi connectivity index (χ4v) is 4.55. The van der Waals surface area contributed by atoms with Gasteiger partial charge in [-0.05, 0) is 50.6 Å². The molecule has 0 aliphatic carbocycles.